The smallest absolute Gasteiger partial charge is 0.343 e. The topological polar surface area (TPSA) is 130 Å². The van der Waals surface area contributed by atoms with Gasteiger partial charge in [-0.15, -0.1) is 5.10 Å². The fourth-order valence-corrected chi connectivity index (χ4v) is 3.54. The molecule has 0 saturated heterocycles. The van der Waals surface area contributed by atoms with Gasteiger partial charge in [-0.1, -0.05) is 5.21 Å². The fraction of sp³-hybridized carbons (Fsp3) is 0.0435. The van der Waals surface area contributed by atoms with Gasteiger partial charge in [0.15, 0.2) is 0 Å². The quantitative estimate of drug-likeness (QED) is 0.135. The lowest BCUT2D eigenvalue weighted by molar-refractivity contribution is -0.384. The van der Waals surface area contributed by atoms with Crippen molar-refractivity contribution >= 4 is 33.7 Å². The van der Waals surface area contributed by atoms with Crippen LogP contribution in [0.25, 0.3) is 33.1 Å². The van der Waals surface area contributed by atoms with E-state index in [1.54, 1.807) is 54.2 Å². The molecule has 0 saturated carbocycles. The minimum Gasteiger partial charge on any atom is -0.423 e. The summed E-state index contributed by atoms with van der Waals surface area (Å²) in [4.78, 5) is 35.2. The molecular weight excluding hydrogens is 428 g/mol. The number of carbonyl (C=O) groups is 1. The Bertz CT molecular complexity index is 1620. The van der Waals surface area contributed by atoms with Crippen molar-refractivity contribution in [3.63, 3.8) is 0 Å². The van der Waals surface area contributed by atoms with Crippen LogP contribution in [0.1, 0.15) is 10.4 Å². The molecule has 0 aliphatic carbocycles. The van der Waals surface area contributed by atoms with Crippen LogP contribution in [0, 0.1) is 10.1 Å². The summed E-state index contributed by atoms with van der Waals surface area (Å²) in [5.74, 6) is -0.411. The molecule has 33 heavy (non-hydrogen) atoms. The molecule has 0 radical (unpaired) electrons. The lowest BCUT2D eigenvalue weighted by atomic mass is 10.0. The molecule has 2 heterocycles. The second-order valence-electron chi connectivity index (χ2n) is 7.25. The molecule has 5 rings (SSSR count). The number of non-ortho nitro benzene ring substituents is 1. The Balaban J connectivity index is 1.48. The molecule has 0 atom stereocenters. The highest BCUT2D eigenvalue weighted by molar-refractivity contribution is 5.96. The molecule has 0 bridgehead atoms. The van der Waals surface area contributed by atoms with Gasteiger partial charge < -0.3 is 9.15 Å². The largest absolute Gasteiger partial charge is 0.423 e. The number of nitro groups is 1. The third-order valence-corrected chi connectivity index (χ3v) is 5.16. The van der Waals surface area contributed by atoms with Gasteiger partial charge in [0.1, 0.15) is 16.8 Å². The molecule has 0 spiro atoms. The lowest BCUT2D eigenvalue weighted by Gasteiger charge is -2.08. The Morgan fingerprint density at radius 1 is 1.06 bits per heavy atom. The summed E-state index contributed by atoms with van der Waals surface area (Å²) >= 11 is 0. The van der Waals surface area contributed by atoms with E-state index in [9.17, 15) is 19.7 Å². The van der Waals surface area contributed by atoms with Crippen LogP contribution in [-0.2, 0) is 7.05 Å². The molecule has 0 aliphatic heterocycles. The first-order chi connectivity index (χ1) is 15.9. The zero-order valence-corrected chi connectivity index (χ0v) is 17.1. The zero-order chi connectivity index (χ0) is 23.1. The summed E-state index contributed by atoms with van der Waals surface area (Å²) in [6, 6.07) is 16.8. The van der Waals surface area contributed by atoms with Gasteiger partial charge in [0.2, 0.25) is 0 Å². The van der Waals surface area contributed by atoms with Crippen molar-refractivity contribution in [1.29, 1.82) is 0 Å². The predicted molar refractivity (Wildman–Crippen MR) is 118 cm³/mol. The molecule has 5 aromatic rings. The maximum Gasteiger partial charge on any atom is 0.343 e. The minimum atomic E-state index is -0.604. The van der Waals surface area contributed by atoms with Crippen LogP contribution in [0.15, 0.2) is 75.9 Å². The first-order valence-corrected chi connectivity index (χ1v) is 9.73. The Labute approximate surface area is 184 Å². The number of hydrogen-bond acceptors (Lipinski definition) is 8. The second kappa shape index (κ2) is 7.68. The number of ether oxygens (including phenoxy) is 1. The van der Waals surface area contributed by atoms with Crippen LogP contribution in [0.4, 0.5) is 5.69 Å². The van der Waals surface area contributed by atoms with E-state index in [1.165, 1.54) is 24.3 Å². The molecule has 0 unspecified atom stereocenters. The number of rotatable bonds is 4. The van der Waals surface area contributed by atoms with Crippen LogP contribution >= 0.6 is 0 Å². The molecule has 10 heteroatoms. The van der Waals surface area contributed by atoms with Gasteiger partial charge in [-0.25, -0.2) is 14.3 Å². The van der Waals surface area contributed by atoms with Crippen molar-refractivity contribution in [2.75, 3.05) is 0 Å². The molecular formula is C23H14N4O6. The van der Waals surface area contributed by atoms with Crippen molar-refractivity contribution in [2.45, 2.75) is 0 Å². The average Bonchev–Trinajstić information content (AvgIpc) is 3.18. The summed E-state index contributed by atoms with van der Waals surface area (Å²) in [6.07, 6.45) is 0. The fourth-order valence-electron chi connectivity index (χ4n) is 3.54. The van der Waals surface area contributed by atoms with E-state index < -0.39 is 16.5 Å². The van der Waals surface area contributed by atoms with Gasteiger partial charge in [0, 0.05) is 36.7 Å². The van der Waals surface area contributed by atoms with Crippen LogP contribution in [-0.4, -0.2) is 25.9 Å². The van der Waals surface area contributed by atoms with Crippen LogP contribution in [0.5, 0.6) is 5.75 Å². The van der Waals surface area contributed by atoms with E-state index in [1.807, 2.05) is 0 Å². The van der Waals surface area contributed by atoms with Crippen LogP contribution in [0.3, 0.4) is 0 Å². The number of nitrogens with zero attached hydrogens (tertiary/aromatic N) is 4. The SMILES string of the molecule is Cn1nnc2cc(C(=O)Oc3ccc4c(-c5ccc([N+](=O)[O-])cc5)cc(=O)oc4c3)ccc21. The molecule has 0 amide bonds. The Kier molecular flexibility index (Phi) is 4.67. The van der Waals surface area contributed by atoms with Crippen LogP contribution in [0.2, 0.25) is 0 Å². The van der Waals surface area contributed by atoms with Gasteiger partial charge in [-0.3, -0.25) is 10.1 Å². The van der Waals surface area contributed by atoms with Gasteiger partial charge in [0.05, 0.1) is 16.0 Å². The normalized spacial score (nSPS) is 11.1. The van der Waals surface area contributed by atoms with Crippen molar-refractivity contribution in [3.8, 4) is 16.9 Å². The first kappa shape index (κ1) is 20.1. The highest BCUT2D eigenvalue weighted by Gasteiger charge is 2.15. The summed E-state index contributed by atoms with van der Waals surface area (Å²) < 4.78 is 12.4. The predicted octanol–water partition coefficient (Wildman–Crippen LogP) is 3.87. The monoisotopic (exact) mass is 442 g/mol. The summed E-state index contributed by atoms with van der Waals surface area (Å²) in [6.45, 7) is 0. The van der Waals surface area contributed by atoms with Crippen molar-refractivity contribution in [2.24, 2.45) is 7.05 Å². The molecule has 2 aromatic heterocycles. The zero-order valence-electron chi connectivity index (χ0n) is 17.1. The van der Waals surface area contributed by atoms with E-state index in [-0.39, 0.29) is 17.0 Å². The minimum absolute atomic E-state index is 0.0557. The van der Waals surface area contributed by atoms with Crippen LogP contribution < -0.4 is 10.4 Å². The molecule has 0 fully saturated rings. The van der Waals surface area contributed by atoms with Gasteiger partial charge in [-0.2, -0.15) is 0 Å². The average molecular weight is 442 g/mol. The number of nitro benzene ring substituents is 1. The number of benzene rings is 3. The van der Waals surface area contributed by atoms with Gasteiger partial charge >= 0.3 is 11.6 Å². The molecule has 0 N–H and O–H groups in total. The number of hydrogen-bond donors (Lipinski definition) is 0. The number of aryl methyl sites for hydroxylation is 1. The molecule has 3 aromatic carbocycles. The number of fused-ring (bicyclic) bond motifs is 2. The van der Waals surface area contributed by atoms with Crippen molar-refractivity contribution in [3.05, 3.63) is 92.8 Å². The first-order valence-electron chi connectivity index (χ1n) is 9.73. The number of aromatic nitrogens is 3. The highest BCUT2D eigenvalue weighted by Crippen LogP contribution is 2.31. The van der Waals surface area contributed by atoms with E-state index in [2.05, 4.69) is 10.3 Å². The third kappa shape index (κ3) is 3.69. The van der Waals surface area contributed by atoms with Gasteiger partial charge in [0.25, 0.3) is 5.69 Å². The molecule has 0 aliphatic rings. The maximum absolute atomic E-state index is 12.6. The highest BCUT2D eigenvalue weighted by atomic mass is 16.6. The lowest BCUT2D eigenvalue weighted by Crippen LogP contribution is -2.08. The summed E-state index contributed by atoms with van der Waals surface area (Å²) in [5, 5.41) is 19.4. The Morgan fingerprint density at radius 3 is 2.61 bits per heavy atom. The van der Waals surface area contributed by atoms with E-state index in [0.717, 1.165) is 5.52 Å². The van der Waals surface area contributed by atoms with E-state index in [4.69, 9.17) is 9.15 Å². The van der Waals surface area contributed by atoms with Crippen molar-refractivity contribution < 1.29 is 18.9 Å². The summed E-state index contributed by atoms with van der Waals surface area (Å²) in [7, 11) is 1.75. The summed E-state index contributed by atoms with van der Waals surface area (Å²) in [5.41, 5.74) is 2.34. The van der Waals surface area contributed by atoms with Gasteiger partial charge in [-0.05, 0) is 53.6 Å². The third-order valence-electron chi connectivity index (χ3n) is 5.16. The van der Waals surface area contributed by atoms with Crippen molar-refractivity contribution in [1.82, 2.24) is 15.0 Å². The molecule has 162 valence electrons. The Morgan fingerprint density at radius 2 is 1.85 bits per heavy atom. The number of esters is 1. The van der Waals surface area contributed by atoms with E-state index in [0.29, 0.717) is 27.6 Å². The maximum atomic E-state index is 12.6. The number of carbonyl (C=O) groups excluding carboxylic acids is 1. The standard InChI is InChI=1S/C23H14N4O6/c1-26-20-9-4-14(10-19(20)24-25-26)23(29)32-16-7-8-17-18(12-22(28)33-21(17)11-16)13-2-5-15(6-3-13)27(30)31/h2-12H,1H3. The Hall–Kier alpha value is -4.86. The van der Waals surface area contributed by atoms with E-state index >= 15 is 0 Å². The molecule has 10 nitrogen and oxygen atoms in total. The second-order valence-corrected chi connectivity index (χ2v) is 7.25.